The molecular formula is C36H53N13O10. The van der Waals surface area contributed by atoms with E-state index in [2.05, 4.69) is 46.5 Å². The molecule has 23 heteroatoms. The second-order valence-corrected chi connectivity index (χ2v) is 13.9. The van der Waals surface area contributed by atoms with E-state index in [0.29, 0.717) is 11.3 Å². The topological polar surface area (TPSA) is 401 Å². The maximum Gasteiger partial charge on any atom is 0.326 e. The van der Waals surface area contributed by atoms with Gasteiger partial charge in [-0.25, -0.2) is 9.78 Å². The number of fused-ring (bicyclic) bond motifs is 1. The van der Waals surface area contributed by atoms with Crippen molar-refractivity contribution >= 4 is 58.3 Å². The molecule has 3 rings (SSSR count). The lowest BCUT2D eigenvalue weighted by atomic mass is 10.0. The first-order valence-corrected chi connectivity index (χ1v) is 18.6. The van der Waals surface area contributed by atoms with Gasteiger partial charge in [0.2, 0.25) is 35.4 Å². The lowest BCUT2D eigenvalue weighted by Gasteiger charge is -2.29. The Bertz CT molecular complexity index is 1950. The number of nitrogens with zero attached hydrogens (tertiary/aromatic N) is 2. The summed E-state index contributed by atoms with van der Waals surface area (Å²) >= 11 is 0. The lowest BCUT2D eigenvalue weighted by Crippen LogP contribution is -2.63. The van der Waals surface area contributed by atoms with Gasteiger partial charge in [0.25, 0.3) is 0 Å². The number of aliphatic hydroxyl groups excluding tert-OH is 2. The monoisotopic (exact) mass is 827 g/mol. The second-order valence-electron chi connectivity index (χ2n) is 13.9. The van der Waals surface area contributed by atoms with Crippen LogP contribution >= 0.6 is 0 Å². The number of carbonyl (C=O) groups excluding carboxylic acids is 6. The van der Waals surface area contributed by atoms with Gasteiger partial charge in [0.05, 0.1) is 24.6 Å². The molecule has 6 amide bonds. The van der Waals surface area contributed by atoms with Crippen molar-refractivity contribution in [1.82, 2.24) is 41.5 Å². The summed E-state index contributed by atoms with van der Waals surface area (Å²) in [6.07, 6.45) is 0.508. The van der Waals surface area contributed by atoms with Crippen molar-refractivity contribution in [2.75, 3.05) is 6.54 Å². The summed E-state index contributed by atoms with van der Waals surface area (Å²) in [6, 6.07) is -1.86. The number of guanidine groups is 1. The Hall–Kier alpha value is -6.59. The third-order valence-corrected chi connectivity index (χ3v) is 9.06. The van der Waals surface area contributed by atoms with E-state index in [1.165, 1.54) is 19.4 Å². The number of amides is 6. The van der Waals surface area contributed by atoms with Gasteiger partial charge in [0.15, 0.2) is 5.96 Å². The van der Waals surface area contributed by atoms with Crippen LogP contribution < -0.4 is 49.5 Å². The second kappa shape index (κ2) is 22.4. The Morgan fingerprint density at radius 1 is 0.763 bits per heavy atom. The fraction of sp³-hybridized carbons (Fsp3) is 0.472. The maximum absolute atomic E-state index is 13.9. The SMILES string of the molecule is C[C@@H](O)[C@H](NC(=O)[C@H](Cc1c[nH]c2ccccc12)NC(=O)[C@@H](N)Cc1cnc[nH]1)C(=O)N[C@H](C(=O)N[C@@H](CCC(N)=O)C(=O)N[C@@H](CCCN=C(N)N)C(=O)O)[C@@H](C)O. The van der Waals surface area contributed by atoms with Gasteiger partial charge in [-0.05, 0) is 44.7 Å². The first kappa shape index (κ1) is 46.8. The first-order chi connectivity index (χ1) is 27.9. The molecule has 0 aliphatic heterocycles. The third kappa shape index (κ3) is 14.7. The van der Waals surface area contributed by atoms with Gasteiger partial charge < -0.3 is 74.8 Å². The number of carboxylic acids is 1. The van der Waals surface area contributed by atoms with Gasteiger partial charge in [0.1, 0.15) is 30.2 Å². The molecular weight excluding hydrogens is 774 g/mol. The summed E-state index contributed by atoms with van der Waals surface area (Å²) in [5.74, 6) is -7.41. The molecule has 0 bridgehead atoms. The number of hydrogen-bond donors (Lipinski definition) is 14. The summed E-state index contributed by atoms with van der Waals surface area (Å²) in [7, 11) is 0. The highest BCUT2D eigenvalue weighted by Crippen LogP contribution is 2.19. The number of aliphatic carboxylic acids is 1. The van der Waals surface area contributed by atoms with Crippen LogP contribution in [0.15, 0.2) is 48.0 Å². The number of aliphatic hydroxyl groups is 2. The van der Waals surface area contributed by atoms with E-state index in [0.717, 1.165) is 17.8 Å². The number of carbonyl (C=O) groups is 7. The van der Waals surface area contributed by atoms with Gasteiger partial charge >= 0.3 is 5.97 Å². The number of carboxylic acid groups (broad SMARTS) is 1. The summed E-state index contributed by atoms with van der Waals surface area (Å²) < 4.78 is 0. The molecule has 0 saturated carbocycles. The largest absolute Gasteiger partial charge is 0.480 e. The number of hydrogen-bond acceptors (Lipinski definition) is 12. The van der Waals surface area contributed by atoms with Gasteiger partial charge in [-0.3, -0.25) is 33.8 Å². The van der Waals surface area contributed by atoms with E-state index in [4.69, 9.17) is 22.9 Å². The van der Waals surface area contributed by atoms with Crippen LogP contribution in [0.3, 0.4) is 0 Å². The zero-order valence-electron chi connectivity index (χ0n) is 32.5. The molecule has 0 aliphatic carbocycles. The van der Waals surface area contributed by atoms with E-state index >= 15 is 0 Å². The Morgan fingerprint density at radius 2 is 1.36 bits per heavy atom. The molecule has 0 unspecified atom stereocenters. The lowest BCUT2D eigenvalue weighted by molar-refractivity contribution is -0.143. The molecule has 2 heterocycles. The van der Waals surface area contributed by atoms with Crippen LogP contribution in [0.5, 0.6) is 0 Å². The molecule has 3 aromatic rings. The highest BCUT2D eigenvalue weighted by molar-refractivity contribution is 5.97. The van der Waals surface area contributed by atoms with Crippen molar-refractivity contribution in [2.45, 2.75) is 101 Å². The minimum absolute atomic E-state index is 0.0562. The average molecular weight is 828 g/mol. The molecule has 0 fully saturated rings. The standard InChI is InChI=1S/C36H53N13O10/c1-17(50)28(33(56)45-24(9-10-27(38)52)31(54)46-25(35(58)59)8-5-11-42-36(39)40)49-34(57)29(18(2)51)48-32(55)26(12-19-14-43-23-7-4-3-6-21(19)23)47-30(53)22(37)13-20-15-41-16-44-20/h3-4,6-7,14-18,22,24-26,28-29,43,50-51H,5,8-13,37H2,1-2H3,(H2,38,52)(H,41,44)(H,45,56)(H,46,54)(H,47,53)(H,48,55)(H,49,57)(H,58,59)(H4,39,40,42)/t17-,18-,22+,24+,25+,26+,28+,29+/m1/s1. The maximum atomic E-state index is 13.9. The summed E-state index contributed by atoms with van der Waals surface area (Å²) in [6.45, 7) is 2.37. The van der Waals surface area contributed by atoms with Gasteiger partial charge in [-0.1, -0.05) is 18.2 Å². The Kier molecular flexibility index (Phi) is 17.7. The Labute approximate surface area is 337 Å². The number of aromatic nitrogens is 3. The van der Waals surface area contributed by atoms with Crippen LogP contribution in [0.1, 0.15) is 50.8 Å². The number of aromatic amines is 2. The van der Waals surface area contributed by atoms with Crippen molar-refractivity contribution in [1.29, 1.82) is 0 Å². The molecule has 18 N–H and O–H groups in total. The molecule has 322 valence electrons. The van der Waals surface area contributed by atoms with E-state index in [1.807, 2.05) is 6.07 Å². The highest BCUT2D eigenvalue weighted by atomic mass is 16.4. The number of H-pyrrole nitrogens is 2. The summed E-state index contributed by atoms with van der Waals surface area (Å²) in [5, 5.41) is 43.5. The van der Waals surface area contributed by atoms with Crippen LogP contribution in [-0.4, -0.2) is 133 Å². The number of rotatable bonds is 24. The molecule has 0 radical (unpaired) electrons. The van der Waals surface area contributed by atoms with Gasteiger partial charge in [0, 0.05) is 54.8 Å². The van der Waals surface area contributed by atoms with E-state index < -0.39 is 103 Å². The summed E-state index contributed by atoms with van der Waals surface area (Å²) in [4.78, 5) is 105. The molecule has 23 nitrogen and oxygen atoms in total. The normalized spacial score (nSPS) is 15.2. The minimum Gasteiger partial charge on any atom is -0.480 e. The molecule has 0 spiro atoms. The summed E-state index contributed by atoms with van der Waals surface area (Å²) in [5.41, 5.74) is 23.9. The van der Waals surface area contributed by atoms with Gasteiger partial charge in [-0.2, -0.15) is 0 Å². The van der Waals surface area contributed by atoms with Crippen LogP contribution in [0, 0.1) is 0 Å². The molecule has 8 atom stereocenters. The first-order valence-electron chi connectivity index (χ1n) is 18.6. The van der Waals surface area contributed by atoms with Crippen LogP contribution in [0.2, 0.25) is 0 Å². The van der Waals surface area contributed by atoms with Gasteiger partial charge in [-0.15, -0.1) is 0 Å². The zero-order chi connectivity index (χ0) is 43.8. The zero-order valence-corrected chi connectivity index (χ0v) is 32.5. The number of benzene rings is 1. The molecule has 0 aliphatic rings. The Morgan fingerprint density at radius 3 is 1.95 bits per heavy atom. The number of para-hydroxylation sites is 1. The quantitative estimate of drug-likeness (QED) is 0.0230. The molecule has 0 saturated heterocycles. The van der Waals surface area contributed by atoms with Crippen molar-refractivity contribution < 1.29 is 48.9 Å². The van der Waals surface area contributed by atoms with Crippen molar-refractivity contribution in [3.05, 3.63) is 54.2 Å². The third-order valence-electron chi connectivity index (χ3n) is 9.06. The highest BCUT2D eigenvalue weighted by Gasteiger charge is 2.36. The fourth-order valence-electron chi connectivity index (χ4n) is 5.89. The predicted molar refractivity (Wildman–Crippen MR) is 211 cm³/mol. The Balaban J connectivity index is 1.79. The molecule has 2 aromatic heterocycles. The van der Waals surface area contributed by atoms with Crippen molar-refractivity contribution in [3.63, 3.8) is 0 Å². The van der Waals surface area contributed by atoms with Crippen molar-refractivity contribution in [2.24, 2.45) is 27.9 Å². The van der Waals surface area contributed by atoms with Crippen LogP contribution in [0.4, 0.5) is 0 Å². The minimum atomic E-state index is -1.82. The smallest absolute Gasteiger partial charge is 0.326 e. The van der Waals surface area contributed by atoms with E-state index in [1.54, 1.807) is 24.4 Å². The van der Waals surface area contributed by atoms with Crippen LogP contribution in [0.25, 0.3) is 10.9 Å². The van der Waals surface area contributed by atoms with E-state index in [-0.39, 0.29) is 38.2 Å². The van der Waals surface area contributed by atoms with Crippen molar-refractivity contribution in [3.8, 4) is 0 Å². The number of nitrogens with two attached hydrogens (primary N) is 4. The number of imidazole rings is 1. The fourth-order valence-corrected chi connectivity index (χ4v) is 5.89. The predicted octanol–water partition coefficient (Wildman–Crippen LogP) is -4.41. The number of nitrogens with one attached hydrogen (secondary N) is 7. The molecule has 59 heavy (non-hydrogen) atoms. The number of aliphatic imine (C=N–C) groups is 1. The van der Waals surface area contributed by atoms with E-state index in [9.17, 15) is 48.9 Å². The average Bonchev–Trinajstić information content (AvgIpc) is 3.84. The van der Waals surface area contributed by atoms with Crippen LogP contribution in [-0.2, 0) is 46.4 Å². The number of primary amides is 1. The molecule has 1 aromatic carbocycles.